The molecule has 0 aliphatic rings. The molecule has 0 spiro atoms. The number of benzene rings is 2. The summed E-state index contributed by atoms with van der Waals surface area (Å²) >= 11 is 1.51. The largest absolute Gasteiger partial charge is 0.481 e. The summed E-state index contributed by atoms with van der Waals surface area (Å²) in [6, 6.07) is 10.7. The van der Waals surface area contributed by atoms with Crippen LogP contribution in [0.3, 0.4) is 0 Å². The highest BCUT2D eigenvalue weighted by Gasteiger charge is 2.14. The average Bonchev–Trinajstić information content (AvgIpc) is 2.95. The topological polar surface area (TPSA) is 42.4 Å². The highest BCUT2D eigenvalue weighted by Crippen LogP contribution is 2.22. The number of amides is 1. The molecular weight excluding hydrogens is 334 g/mol. The maximum atomic E-state index is 13.5. The van der Waals surface area contributed by atoms with Crippen molar-refractivity contribution in [1.82, 2.24) is 9.88 Å². The Labute approximate surface area is 141 Å². The maximum Gasteiger partial charge on any atom is 0.260 e. The number of hydrogen-bond donors (Lipinski definition) is 0. The molecule has 3 aromatic rings. The Hall–Kier alpha value is -2.54. The number of carbonyl (C=O) groups excluding carboxylic acids is 1. The van der Waals surface area contributed by atoms with Gasteiger partial charge in [0.05, 0.1) is 16.8 Å². The van der Waals surface area contributed by atoms with Crippen molar-refractivity contribution in [1.29, 1.82) is 0 Å². The fraction of sp³-hybridized carbons (Fsp3) is 0.176. The van der Waals surface area contributed by atoms with Crippen LogP contribution in [-0.4, -0.2) is 29.4 Å². The van der Waals surface area contributed by atoms with Crippen LogP contribution in [0, 0.1) is 11.6 Å². The lowest BCUT2D eigenvalue weighted by Crippen LogP contribution is -2.31. The van der Waals surface area contributed by atoms with Gasteiger partial charge in [0.1, 0.15) is 10.8 Å². The van der Waals surface area contributed by atoms with E-state index in [1.807, 2.05) is 24.3 Å². The molecule has 0 N–H and O–H groups in total. The number of likely N-dealkylation sites (N-methyl/N-ethyl adjacent to an activating group) is 1. The predicted molar refractivity (Wildman–Crippen MR) is 87.9 cm³/mol. The number of carbonyl (C=O) groups is 1. The highest BCUT2D eigenvalue weighted by molar-refractivity contribution is 7.18. The van der Waals surface area contributed by atoms with Gasteiger partial charge in [-0.1, -0.05) is 12.1 Å². The number of ether oxygens (including phenoxy) is 1. The molecule has 24 heavy (non-hydrogen) atoms. The summed E-state index contributed by atoms with van der Waals surface area (Å²) in [5, 5.41) is 0.806. The van der Waals surface area contributed by atoms with Crippen LogP contribution in [0.2, 0.25) is 0 Å². The monoisotopic (exact) mass is 348 g/mol. The average molecular weight is 348 g/mol. The van der Waals surface area contributed by atoms with Gasteiger partial charge in [-0.15, -0.1) is 11.3 Å². The number of thiazole rings is 1. The van der Waals surface area contributed by atoms with E-state index in [0.29, 0.717) is 12.6 Å². The van der Waals surface area contributed by atoms with Crippen LogP contribution in [0.25, 0.3) is 10.2 Å². The first-order valence-electron chi connectivity index (χ1n) is 7.19. The van der Waals surface area contributed by atoms with E-state index in [4.69, 9.17) is 4.74 Å². The van der Waals surface area contributed by atoms with Crippen LogP contribution in [0.5, 0.6) is 5.75 Å². The molecule has 0 atom stereocenters. The van der Waals surface area contributed by atoms with Crippen LogP contribution < -0.4 is 4.74 Å². The maximum absolute atomic E-state index is 13.5. The summed E-state index contributed by atoms with van der Waals surface area (Å²) in [6.07, 6.45) is 0. The molecule has 0 aliphatic carbocycles. The third-order valence-corrected chi connectivity index (χ3v) is 4.40. The third kappa shape index (κ3) is 3.68. The molecule has 1 aromatic heterocycles. The summed E-state index contributed by atoms with van der Waals surface area (Å²) in [7, 11) is 1.62. The summed E-state index contributed by atoms with van der Waals surface area (Å²) in [6.45, 7) is 0.0113. The first-order valence-corrected chi connectivity index (χ1v) is 8.01. The van der Waals surface area contributed by atoms with Crippen molar-refractivity contribution in [2.75, 3.05) is 13.7 Å². The molecule has 0 radical (unpaired) electrons. The van der Waals surface area contributed by atoms with Gasteiger partial charge < -0.3 is 9.64 Å². The van der Waals surface area contributed by atoms with Gasteiger partial charge in [0.25, 0.3) is 5.91 Å². The first kappa shape index (κ1) is 16.3. The summed E-state index contributed by atoms with van der Waals surface area (Å²) < 4.78 is 32.5. The summed E-state index contributed by atoms with van der Waals surface area (Å²) in [5.41, 5.74) is 0.892. The fourth-order valence-corrected chi connectivity index (χ4v) is 3.14. The Balaban J connectivity index is 1.60. The van der Waals surface area contributed by atoms with E-state index >= 15 is 0 Å². The molecule has 124 valence electrons. The SMILES string of the molecule is CN(Cc1nc2ccccc2s1)C(=O)COc1ccc(F)cc1F. The molecule has 0 bridgehead atoms. The Morgan fingerprint density at radius 2 is 2.04 bits per heavy atom. The molecular formula is C17H14F2N2O2S. The fourth-order valence-electron chi connectivity index (χ4n) is 2.12. The molecule has 0 unspecified atom stereocenters. The van der Waals surface area contributed by atoms with E-state index in [9.17, 15) is 13.6 Å². The molecule has 4 nitrogen and oxygen atoms in total. The van der Waals surface area contributed by atoms with E-state index in [1.165, 1.54) is 16.2 Å². The van der Waals surface area contributed by atoms with Gasteiger partial charge in [-0.05, 0) is 24.3 Å². The molecule has 7 heteroatoms. The van der Waals surface area contributed by atoms with Crippen LogP contribution in [-0.2, 0) is 11.3 Å². The standard InChI is InChI=1S/C17H14F2N2O2S/c1-21(9-16-20-13-4-2-3-5-15(13)24-16)17(22)10-23-14-7-6-11(18)8-12(14)19/h2-8H,9-10H2,1H3. The van der Waals surface area contributed by atoms with Gasteiger partial charge >= 0.3 is 0 Å². The minimum atomic E-state index is -0.836. The van der Waals surface area contributed by atoms with E-state index in [0.717, 1.165) is 27.4 Å². The zero-order chi connectivity index (χ0) is 17.1. The van der Waals surface area contributed by atoms with Gasteiger partial charge in [-0.3, -0.25) is 4.79 Å². The van der Waals surface area contributed by atoms with Crippen molar-refractivity contribution < 1.29 is 18.3 Å². The summed E-state index contributed by atoms with van der Waals surface area (Å²) in [4.78, 5) is 18.0. The van der Waals surface area contributed by atoms with Crippen LogP contribution in [0.1, 0.15) is 5.01 Å². The minimum Gasteiger partial charge on any atom is -0.481 e. The third-order valence-electron chi connectivity index (χ3n) is 3.38. The quantitative estimate of drug-likeness (QED) is 0.707. The number of fused-ring (bicyclic) bond motifs is 1. The van der Waals surface area contributed by atoms with E-state index < -0.39 is 11.6 Å². The normalized spacial score (nSPS) is 10.8. The molecule has 0 saturated carbocycles. The number of halogens is 2. The van der Waals surface area contributed by atoms with Gasteiger partial charge in [-0.25, -0.2) is 13.8 Å². The van der Waals surface area contributed by atoms with Gasteiger partial charge in [-0.2, -0.15) is 0 Å². The van der Waals surface area contributed by atoms with Crippen molar-refractivity contribution in [2.45, 2.75) is 6.54 Å². The lowest BCUT2D eigenvalue weighted by atomic mass is 10.3. The Morgan fingerprint density at radius 1 is 1.25 bits per heavy atom. The van der Waals surface area contributed by atoms with Crippen LogP contribution in [0.4, 0.5) is 8.78 Å². The number of hydrogen-bond acceptors (Lipinski definition) is 4. The Bertz CT molecular complexity index is 849. The molecule has 1 amide bonds. The Morgan fingerprint density at radius 3 is 2.79 bits per heavy atom. The Kier molecular flexibility index (Phi) is 4.71. The highest BCUT2D eigenvalue weighted by atomic mass is 32.1. The lowest BCUT2D eigenvalue weighted by molar-refractivity contribution is -0.132. The van der Waals surface area contributed by atoms with E-state index in [2.05, 4.69) is 4.98 Å². The smallest absolute Gasteiger partial charge is 0.260 e. The van der Waals surface area contributed by atoms with Crippen molar-refractivity contribution in [3.8, 4) is 5.75 Å². The number of para-hydroxylation sites is 1. The minimum absolute atomic E-state index is 0.155. The molecule has 0 aliphatic heterocycles. The zero-order valence-electron chi connectivity index (χ0n) is 12.8. The van der Waals surface area contributed by atoms with Gasteiger partial charge in [0.15, 0.2) is 18.2 Å². The second-order valence-electron chi connectivity index (χ2n) is 5.19. The van der Waals surface area contributed by atoms with Crippen LogP contribution in [0.15, 0.2) is 42.5 Å². The number of rotatable bonds is 5. The van der Waals surface area contributed by atoms with Crippen molar-refractivity contribution in [2.24, 2.45) is 0 Å². The van der Waals surface area contributed by atoms with Gasteiger partial charge in [0.2, 0.25) is 0 Å². The van der Waals surface area contributed by atoms with E-state index in [1.54, 1.807) is 7.05 Å². The first-order chi connectivity index (χ1) is 11.5. The lowest BCUT2D eigenvalue weighted by Gasteiger charge is -2.16. The second kappa shape index (κ2) is 6.92. The predicted octanol–water partition coefficient (Wildman–Crippen LogP) is 3.61. The van der Waals surface area contributed by atoms with Crippen molar-refractivity contribution >= 4 is 27.5 Å². The second-order valence-corrected chi connectivity index (χ2v) is 6.30. The van der Waals surface area contributed by atoms with Crippen molar-refractivity contribution in [3.05, 3.63) is 59.1 Å². The molecule has 0 fully saturated rings. The molecule has 0 saturated heterocycles. The van der Waals surface area contributed by atoms with Crippen molar-refractivity contribution in [3.63, 3.8) is 0 Å². The number of aromatic nitrogens is 1. The molecule has 2 aromatic carbocycles. The number of nitrogens with zero attached hydrogens (tertiary/aromatic N) is 2. The molecule has 3 rings (SSSR count). The van der Waals surface area contributed by atoms with Crippen LogP contribution >= 0.6 is 11.3 Å². The molecule has 1 heterocycles. The summed E-state index contributed by atoms with van der Waals surface area (Å²) in [5.74, 6) is -2.01. The van der Waals surface area contributed by atoms with E-state index in [-0.39, 0.29) is 18.3 Å². The van der Waals surface area contributed by atoms with Gasteiger partial charge in [0, 0.05) is 13.1 Å². The zero-order valence-corrected chi connectivity index (χ0v) is 13.6.